The number of rotatable bonds is 4. The van der Waals surface area contributed by atoms with Crippen molar-refractivity contribution < 1.29 is 0 Å². The molecule has 0 aromatic carbocycles. The average Bonchev–Trinajstić information content (AvgIpc) is 2.22. The zero-order chi connectivity index (χ0) is 11.0. The molecule has 3 heteroatoms. The summed E-state index contributed by atoms with van der Waals surface area (Å²) in [5.41, 5.74) is 13.6. The molecule has 0 saturated heterocycles. The summed E-state index contributed by atoms with van der Waals surface area (Å²) in [5.74, 6) is 0. The van der Waals surface area contributed by atoms with E-state index in [0.29, 0.717) is 6.54 Å². The molecule has 0 radical (unpaired) electrons. The minimum Gasteiger partial charge on any atom is -0.404 e. The molecule has 0 amide bonds. The minimum atomic E-state index is 0.466. The van der Waals surface area contributed by atoms with Gasteiger partial charge in [-0.1, -0.05) is 12.2 Å². The van der Waals surface area contributed by atoms with Crippen LogP contribution in [0.4, 0.5) is 0 Å². The van der Waals surface area contributed by atoms with Crippen molar-refractivity contribution in [3.05, 3.63) is 35.7 Å². The van der Waals surface area contributed by atoms with Crippen LogP contribution in [0.2, 0.25) is 0 Å². The van der Waals surface area contributed by atoms with E-state index in [0.717, 1.165) is 17.0 Å². The summed E-state index contributed by atoms with van der Waals surface area (Å²) in [5, 5.41) is 0. The predicted octanol–water partition coefficient (Wildman–Crippen LogP) is 1.73. The predicted molar refractivity (Wildman–Crippen MR) is 63.0 cm³/mol. The Kier molecular flexibility index (Phi) is 6.41. The van der Waals surface area contributed by atoms with Gasteiger partial charge in [-0.05, 0) is 38.6 Å². The quantitative estimate of drug-likeness (QED) is 0.527. The lowest BCUT2D eigenvalue weighted by atomic mass is 10.2. The highest BCUT2D eigenvalue weighted by atomic mass is 14.8. The number of hydrogen-bond donors (Lipinski definition) is 2. The first-order valence-electron chi connectivity index (χ1n) is 4.61. The van der Waals surface area contributed by atoms with Crippen LogP contribution in [0.15, 0.2) is 40.7 Å². The zero-order valence-electron chi connectivity index (χ0n) is 9.12. The maximum Gasteiger partial charge on any atom is 0.0500 e. The highest BCUT2D eigenvalue weighted by molar-refractivity contribution is 5.93. The van der Waals surface area contributed by atoms with Gasteiger partial charge in [0, 0.05) is 18.0 Å². The Hall–Kier alpha value is -1.35. The van der Waals surface area contributed by atoms with Crippen molar-refractivity contribution in [1.82, 2.24) is 0 Å². The highest BCUT2D eigenvalue weighted by Gasteiger charge is 1.89. The topological polar surface area (TPSA) is 64.4 Å². The smallest absolute Gasteiger partial charge is 0.0500 e. The summed E-state index contributed by atoms with van der Waals surface area (Å²) in [6.45, 7) is 6.25. The van der Waals surface area contributed by atoms with Crippen molar-refractivity contribution in [1.29, 1.82) is 0 Å². The molecule has 0 aromatic rings. The monoisotopic (exact) mass is 193 g/mol. The summed E-state index contributed by atoms with van der Waals surface area (Å²) in [6.07, 6.45) is 7.30. The van der Waals surface area contributed by atoms with Crippen LogP contribution in [0.3, 0.4) is 0 Å². The van der Waals surface area contributed by atoms with Gasteiger partial charge in [-0.2, -0.15) is 0 Å². The van der Waals surface area contributed by atoms with Gasteiger partial charge >= 0.3 is 0 Å². The Morgan fingerprint density at radius 2 is 1.93 bits per heavy atom. The first-order chi connectivity index (χ1) is 6.63. The molecule has 0 bridgehead atoms. The number of aliphatic imine (C=N–C) groups is 1. The van der Waals surface area contributed by atoms with E-state index in [1.54, 1.807) is 6.20 Å². The lowest BCUT2D eigenvalue weighted by Gasteiger charge is -1.97. The summed E-state index contributed by atoms with van der Waals surface area (Å²) in [4.78, 5) is 4.32. The van der Waals surface area contributed by atoms with E-state index in [9.17, 15) is 0 Å². The molecule has 0 aromatic heterocycles. The Labute approximate surface area is 85.9 Å². The zero-order valence-corrected chi connectivity index (χ0v) is 9.12. The van der Waals surface area contributed by atoms with E-state index in [4.69, 9.17) is 11.5 Å². The highest BCUT2D eigenvalue weighted by Crippen LogP contribution is 1.97. The minimum absolute atomic E-state index is 0.466. The van der Waals surface area contributed by atoms with Gasteiger partial charge in [0.1, 0.15) is 0 Å². The maximum absolute atomic E-state index is 5.48. The molecule has 0 rings (SSSR count). The van der Waals surface area contributed by atoms with Crippen molar-refractivity contribution in [2.24, 2.45) is 16.5 Å². The van der Waals surface area contributed by atoms with Crippen molar-refractivity contribution >= 4 is 5.71 Å². The van der Waals surface area contributed by atoms with Crippen LogP contribution in [-0.2, 0) is 0 Å². The maximum atomic E-state index is 5.48. The van der Waals surface area contributed by atoms with Gasteiger partial charge in [-0.15, -0.1) is 0 Å². The van der Waals surface area contributed by atoms with Crippen LogP contribution in [0, 0.1) is 0 Å². The van der Waals surface area contributed by atoms with Gasteiger partial charge in [-0.3, -0.25) is 4.99 Å². The van der Waals surface area contributed by atoms with Crippen molar-refractivity contribution in [2.45, 2.75) is 20.8 Å². The largest absolute Gasteiger partial charge is 0.404 e. The second-order valence-corrected chi connectivity index (χ2v) is 2.98. The van der Waals surface area contributed by atoms with Crippen LogP contribution < -0.4 is 11.5 Å². The fourth-order valence-corrected chi connectivity index (χ4v) is 0.799. The fourth-order valence-electron chi connectivity index (χ4n) is 0.799. The van der Waals surface area contributed by atoms with Crippen molar-refractivity contribution in [3.8, 4) is 0 Å². The third-order valence-corrected chi connectivity index (χ3v) is 1.71. The number of nitrogens with zero attached hydrogens (tertiary/aromatic N) is 1. The van der Waals surface area contributed by atoms with E-state index < -0.39 is 0 Å². The molecule has 0 atom stereocenters. The first-order valence-corrected chi connectivity index (χ1v) is 4.61. The van der Waals surface area contributed by atoms with Gasteiger partial charge in [0.05, 0.1) is 0 Å². The summed E-state index contributed by atoms with van der Waals surface area (Å²) in [6, 6.07) is 0. The van der Waals surface area contributed by atoms with E-state index in [2.05, 4.69) is 4.99 Å². The SMILES string of the molecule is C\C=C(CN)/N=C(C)\C=C/C(C)=C\N. The van der Waals surface area contributed by atoms with E-state index in [1.165, 1.54) is 0 Å². The molecule has 0 unspecified atom stereocenters. The van der Waals surface area contributed by atoms with Crippen LogP contribution in [-0.4, -0.2) is 12.3 Å². The second kappa shape index (κ2) is 7.09. The standard InChI is InChI=1S/C11H19N3/c1-4-11(8-13)14-10(3)6-5-9(2)7-12/h4-7H,8,12-13H2,1-3H3/b6-5-,9-7-,11-4-,14-10-. The molecule has 3 nitrogen and oxygen atoms in total. The van der Waals surface area contributed by atoms with E-state index >= 15 is 0 Å². The van der Waals surface area contributed by atoms with Gasteiger partial charge in [0.2, 0.25) is 0 Å². The molecular formula is C11H19N3. The Bertz CT molecular complexity index is 283. The molecule has 4 N–H and O–H groups in total. The summed E-state index contributed by atoms with van der Waals surface area (Å²) >= 11 is 0. The third kappa shape index (κ3) is 5.32. The van der Waals surface area contributed by atoms with Gasteiger partial charge < -0.3 is 11.5 Å². The van der Waals surface area contributed by atoms with Gasteiger partial charge in [0.25, 0.3) is 0 Å². The number of nitrogens with two attached hydrogens (primary N) is 2. The van der Waals surface area contributed by atoms with Crippen LogP contribution >= 0.6 is 0 Å². The molecule has 0 aliphatic heterocycles. The summed E-state index contributed by atoms with van der Waals surface area (Å²) < 4.78 is 0. The fraction of sp³-hybridized carbons (Fsp3) is 0.364. The average molecular weight is 193 g/mol. The first kappa shape index (κ1) is 12.7. The van der Waals surface area contributed by atoms with E-state index in [-0.39, 0.29) is 0 Å². The molecular weight excluding hydrogens is 174 g/mol. The van der Waals surface area contributed by atoms with Crippen molar-refractivity contribution in [2.75, 3.05) is 6.54 Å². The van der Waals surface area contributed by atoms with Gasteiger partial charge in [0.15, 0.2) is 0 Å². The molecule has 0 spiro atoms. The third-order valence-electron chi connectivity index (χ3n) is 1.71. The molecule has 14 heavy (non-hydrogen) atoms. The Balaban J connectivity index is 4.48. The van der Waals surface area contributed by atoms with Crippen LogP contribution in [0.1, 0.15) is 20.8 Å². The molecule has 0 saturated carbocycles. The molecule has 0 fully saturated rings. The second-order valence-electron chi connectivity index (χ2n) is 2.98. The molecule has 0 aliphatic rings. The molecule has 0 aliphatic carbocycles. The van der Waals surface area contributed by atoms with E-state index in [1.807, 2.05) is 39.0 Å². The van der Waals surface area contributed by atoms with Crippen molar-refractivity contribution in [3.63, 3.8) is 0 Å². The Morgan fingerprint density at radius 1 is 1.29 bits per heavy atom. The van der Waals surface area contributed by atoms with Crippen LogP contribution in [0.25, 0.3) is 0 Å². The number of hydrogen-bond acceptors (Lipinski definition) is 3. The van der Waals surface area contributed by atoms with Crippen LogP contribution in [0.5, 0.6) is 0 Å². The lowest BCUT2D eigenvalue weighted by molar-refractivity contribution is 1.10. The Morgan fingerprint density at radius 3 is 2.36 bits per heavy atom. The molecule has 0 heterocycles. The number of allylic oxidation sites excluding steroid dienone is 4. The van der Waals surface area contributed by atoms with Gasteiger partial charge in [-0.25, -0.2) is 0 Å². The normalized spacial score (nSPS) is 15.3. The lowest BCUT2D eigenvalue weighted by Crippen LogP contribution is -2.02. The summed E-state index contributed by atoms with van der Waals surface area (Å²) in [7, 11) is 0. The molecule has 78 valence electrons.